The number of alkyl halides is 2. The Kier molecular flexibility index (Phi) is 3.30. The number of nitriles is 1. The van der Waals surface area contributed by atoms with Gasteiger partial charge in [-0.05, 0) is 0 Å². The van der Waals surface area contributed by atoms with Gasteiger partial charge in [0, 0.05) is 0 Å². The molecule has 84 valence electrons. The van der Waals surface area contributed by atoms with Crippen LogP contribution in [-0.4, -0.2) is 11.5 Å². The Morgan fingerprint density at radius 2 is 2.12 bits per heavy atom. The highest BCUT2D eigenvalue weighted by molar-refractivity contribution is 5.51. The quantitative estimate of drug-likeness (QED) is 0.591. The van der Waals surface area contributed by atoms with Gasteiger partial charge in [0.05, 0.1) is 17.1 Å². The first kappa shape index (κ1) is 11.8. The van der Waals surface area contributed by atoms with E-state index in [0.717, 1.165) is 0 Å². The Morgan fingerprint density at radius 1 is 1.50 bits per heavy atom. The Bertz CT molecular complexity index is 470. The molecule has 5 nitrogen and oxygen atoms in total. The molecule has 1 rings (SSSR count). The molecule has 0 fully saturated rings. The molecule has 1 aromatic rings. The summed E-state index contributed by atoms with van der Waals surface area (Å²) in [5, 5.41) is 18.8. The zero-order chi connectivity index (χ0) is 12.3. The summed E-state index contributed by atoms with van der Waals surface area (Å²) in [6, 6.07) is 2.30. The van der Waals surface area contributed by atoms with Crippen LogP contribution in [0.5, 0.6) is 5.75 Å². The smallest absolute Gasteiger partial charge is 0.387 e. The maximum absolute atomic E-state index is 13.1. The van der Waals surface area contributed by atoms with Gasteiger partial charge in [0.1, 0.15) is 11.6 Å². The van der Waals surface area contributed by atoms with Gasteiger partial charge in [0.25, 0.3) is 5.69 Å². The van der Waals surface area contributed by atoms with Crippen LogP contribution in [0.3, 0.4) is 0 Å². The van der Waals surface area contributed by atoms with Gasteiger partial charge in [-0.15, -0.1) is 0 Å². The third-order valence-electron chi connectivity index (χ3n) is 1.58. The number of rotatable bonds is 3. The molecule has 0 radical (unpaired) electrons. The molecule has 0 spiro atoms. The molecule has 0 saturated heterocycles. The highest BCUT2D eigenvalue weighted by Crippen LogP contribution is 2.28. The SMILES string of the molecule is N#Cc1c(F)cc([N+](=O)[O-])cc1OC(F)F. The van der Waals surface area contributed by atoms with E-state index >= 15 is 0 Å². The molecule has 0 aliphatic heterocycles. The lowest BCUT2D eigenvalue weighted by Gasteiger charge is -2.06. The third-order valence-corrected chi connectivity index (χ3v) is 1.58. The fraction of sp³-hybridized carbons (Fsp3) is 0.125. The number of nitro groups is 1. The second kappa shape index (κ2) is 4.48. The minimum atomic E-state index is -3.30. The number of nitrogens with zero attached hydrogens (tertiary/aromatic N) is 2. The van der Waals surface area contributed by atoms with E-state index in [1.165, 1.54) is 6.07 Å². The van der Waals surface area contributed by atoms with Crippen molar-refractivity contribution >= 4 is 5.69 Å². The van der Waals surface area contributed by atoms with Crippen LogP contribution in [0, 0.1) is 27.3 Å². The number of hydrogen-bond acceptors (Lipinski definition) is 4. The molecule has 8 heteroatoms. The molecule has 0 heterocycles. The minimum Gasteiger partial charge on any atom is -0.433 e. The van der Waals surface area contributed by atoms with Gasteiger partial charge in [-0.3, -0.25) is 10.1 Å². The van der Waals surface area contributed by atoms with E-state index in [0.29, 0.717) is 12.1 Å². The van der Waals surface area contributed by atoms with Crippen LogP contribution in [0.4, 0.5) is 18.9 Å². The first-order valence-electron chi connectivity index (χ1n) is 3.78. The predicted octanol–water partition coefficient (Wildman–Crippen LogP) is 2.21. The van der Waals surface area contributed by atoms with E-state index in [2.05, 4.69) is 4.74 Å². The highest BCUT2D eigenvalue weighted by Gasteiger charge is 2.20. The van der Waals surface area contributed by atoms with Gasteiger partial charge < -0.3 is 4.74 Å². The molecular formula is C8H3F3N2O3. The molecule has 1 aromatic carbocycles. The number of ether oxygens (including phenoxy) is 1. The summed E-state index contributed by atoms with van der Waals surface area (Å²) in [5.74, 6) is -2.14. The maximum atomic E-state index is 13.1. The van der Waals surface area contributed by atoms with Crippen LogP contribution >= 0.6 is 0 Å². The molecule has 0 aliphatic rings. The molecule has 0 aliphatic carbocycles. The van der Waals surface area contributed by atoms with Gasteiger partial charge >= 0.3 is 6.61 Å². The largest absolute Gasteiger partial charge is 0.433 e. The Hall–Kier alpha value is -2.30. The Morgan fingerprint density at radius 3 is 2.56 bits per heavy atom. The summed E-state index contributed by atoms with van der Waals surface area (Å²) in [5.41, 5.74) is -1.57. The number of benzene rings is 1. The molecular weight excluding hydrogens is 229 g/mol. The average molecular weight is 232 g/mol. The van der Waals surface area contributed by atoms with Crippen LogP contribution in [0.2, 0.25) is 0 Å². The number of halogens is 3. The normalized spacial score (nSPS) is 9.94. The summed E-state index contributed by atoms with van der Waals surface area (Å²) in [7, 11) is 0. The van der Waals surface area contributed by atoms with Crippen molar-refractivity contribution in [2.24, 2.45) is 0 Å². The third kappa shape index (κ3) is 2.38. The van der Waals surface area contributed by atoms with Crippen molar-refractivity contribution in [3.05, 3.63) is 33.6 Å². The standard InChI is InChI=1S/C8H3F3N2O3/c9-6-1-4(13(14)15)2-7(5(6)3-12)16-8(10)11/h1-2,8H. The van der Waals surface area contributed by atoms with Crippen LogP contribution in [0.1, 0.15) is 5.56 Å². The molecule has 16 heavy (non-hydrogen) atoms. The lowest BCUT2D eigenvalue weighted by atomic mass is 10.2. The van der Waals surface area contributed by atoms with Crippen LogP contribution in [0.15, 0.2) is 12.1 Å². The van der Waals surface area contributed by atoms with E-state index < -0.39 is 34.4 Å². The summed E-state index contributed by atoms with van der Waals surface area (Å²) in [6.45, 7) is -3.30. The predicted molar refractivity (Wildman–Crippen MR) is 44.4 cm³/mol. The van der Waals surface area contributed by atoms with E-state index in [1.807, 2.05) is 0 Å². The molecule has 0 amide bonds. The lowest BCUT2D eigenvalue weighted by molar-refractivity contribution is -0.385. The summed E-state index contributed by atoms with van der Waals surface area (Å²) < 4.78 is 40.6. The lowest BCUT2D eigenvalue weighted by Crippen LogP contribution is -2.05. The van der Waals surface area contributed by atoms with E-state index in [9.17, 15) is 23.3 Å². The van der Waals surface area contributed by atoms with Gasteiger partial charge in [-0.25, -0.2) is 4.39 Å². The molecule has 0 unspecified atom stereocenters. The van der Waals surface area contributed by atoms with Crippen molar-refractivity contribution in [1.82, 2.24) is 0 Å². The van der Waals surface area contributed by atoms with Crippen LogP contribution in [0.25, 0.3) is 0 Å². The molecule has 0 atom stereocenters. The first-order chi connectivity index (χ1) is 7.45. The molecule has 0 saturated carbocycles. The van der Waals surface area contributed by atoms with Gasteiger partial charge in [-0.2, -0.15) is 14.0 Å². The number of nitro benzene ring substituents is 1. The van der Waals surface area contributed by atoms with Crippen molar-refractivity contribution in [2.45, 2.75) is 6.61 Å². The van der Waals surface area contributed by atoms with Crippen molar-refractivity contribution in [3.8, 4) is 11.8 Å². The topological polar surface area (TPSA) is 76.2 Å². The summed E-state index contributed by atoms with van der Waals surface area (Å²) >= 11 is 0. The fourth-order valence-electron chi connectivity index (χ4n) is 0.971. The van der Waals surface area contributed by atoms with Crippen molar-refractivity contribution < 1.29 is 22.8 Å². The second-order valence-corrected chi connectivity index (χ2v) is 2.55. The van der Waals surface area contributed by atoms with Crippen LogP contribution in [-0.2, 0) is 0 Å². The Balaban J connectivity index is 3.32. The summed E-state index contributed by atoms with van der Waals surface area (Å²) in [6.07, 6.45) is 0. The monoisotopic (exact) mass is 232 g/mol. The molecule has 0 aromatic heterocycles. The van der Waals surface area contributed by atoms with Crippen molar-refractivity contribution in [2.75, 3.05) is 0 Å². The Labute approximate surface area is 86.8 Å². The average Bonchev–Trinajstić information content (AvgIpc) is 2.16. The second-order valence-electron chi connectivity index (χ2n) is 2.55. The zero-order valence-corrected chi connectivity index (χ0v) is 7.49. The van der Waals surface area contributed by atoms with Crippen LogP contribution < -0.4 is 4.74 Å². The van der Waals surface area contributed by atoms with E-state index in [-0.39, 0.29) is 0 Å². The van der Waals surface area contributed by atoms with Crippen molar-refractivity contribution in [1.29, 1.82) is 5.26 Å². The summed E-state index contributed by atoms with van der Waals surface area (Å²) in [4.78, 5) is 9.32. The van der Waals surface area contributed by atoms with E-state index in [4.69, 9.17) is 5.26 Å². The van der Waals surface area contributed by atoms with Gasteiger partial charge in [-0.1, -0.05) is 0 Å². The fourth-order valence-corrected chi connectivity index (χ4v) is 0.971. The number of hydrogen-bond donors (Lipinski definition) is 0. The molecule has 0 N–H and O–H groups in total. The van der Waals surface area contributed by atoms with Gasteiger partial charge in [0.15, 0.2) is 11.6 Å². The number of non-ortho nitro benzene ring substituents is 1. The van der Waals surface area contributed by atoms with Crippen molar-refractivity contribution in [3.63, 3.8) is 0 Å². The minimum absolute atomic E-state index is 0.455. The molecule has 0 bridgehead atoms. The highest BCUT2D eigenvalue weighted by atomic mass is 19.3. The maximum Gasteiger partial charge on any atom is 0.387 e. The van der Waals surface area contributed by atoms with E-state index in [1.54, 1.807) is 0 Å². The van der Waals surface area contributed by atoms with Gasteiger partial charge in [0.2, 0.25) is 0 Å². The zero-order valence-electron chi connectivity index (χ0n) is 7.49. The first-order valence-corrected chi connectivity index (χ1v) is 3.78.